The van der Waals surface area contributed by atoms with Crippen LogP contribution in [0.5, 0.6) is 0 Å². The van der Waals surface area contributed by atoms with Crippen LogP contribution in [0.1, 0.15) is 16.6 Å². The van der Waals surface area contributed by atoms with Crippen molar-refractivity contribution < 1.29 is 4.79 Å². The summed E-state index contributed by atoms with van der Waals surface area (Å²) in [5.41, 5.74) is 0.822. The Morgan fingerprint density at radius 2 is 2.19 bits per heavy atom. The van der Waals surface area contributed by atoms with E-state index in [0.29, 0.717) is 6.54 Å². The number of aromatic nitrogens is 1. The van der Waals surface area contributed by atoms with E-state index in [-0.39, 0.29) is 23.4 Å². The summed E-state index contributed by atoms with van der Waals surface area (Å²) in [6.45, 7) is 2.45. The molecule has 1 atom stereocenters. The number of carbonyl (C=O) groups excluding carboxylic acids is 1. The summed E-state index contributed by atoms with van der Waals surface area (Å²) in [6, 6.07) is 4.22. The maximum absolute atomic E-state index is 12.0. The molecule has 0 saturated carbocycles. The number of amides is 1. The summed E-state index contributed by atoms with van der Waals surface area (Å²) < 4.78 is 1.50. The van der Waals surface area contributed by atoms with Gasteiger partial charge < -0.3 is 10.2 Å². The molecule has 0 saturated heterocycles. The van der Waals surface area contributed by atoms with Gasteiger partial charge in [-0.15, -0.1) is 11.3 Å². The number of nitrogens with zero attached hydrogens (tertiary/aromatic N) is 2. The van der Waals surface area contributed by atoms with Gasteiger partial charge in [0.1, 0.15) is 6.54 Å². The maximum Gasteiger partial charge on any atom is 0.307 e. The van der Waals surface area contributed by atoms with Crippen LogP contribution in [0.3, 0.4) is 0 Å². The van der Waals surface area contributed by atoms with Gasteiger partial charge in [0.25, 0.3) is 0 Å². The molecule has 2 aromatic heterocycles. The Balaban J connectivity index is 1.95. The molecular formula is C14H19N3O2S2. The van der Waals surface area contributed by atoms with Crippen molar-refractivity contribution in [3.8, 4) is 0 Å². The van der Waals surface area contributed by atoms with E-state index in [1.807, 2.05) is 32.5 Å². The number of nitrogens with one attached hydrogen (secondary N) is 1. The van der Waals surface area contributed by atoms with Crippen molar-refractivity contribution in [2.75, 3.05) is 20.6 Å². The van der Waals surface area contributed by atoms with E-state index in [2.05, 4.69) is 16.3 Å². The molecule has 21 heavy (non-hydrogen) atoms. The Labute approximate surface area is 131 Å². The summed E-state index contributed by atoms with van der Waals surface area (Å²) >= 11 is 2.80. The van der Waals surface area contributed by atoms with Crippen LogP contribution in [0.15, 0.2) is 27.7 Å². The second kappa shape index (κ2) is 7.02. The summed E-state index contributed by atoms with van der Waals surface area (Å²) in [6.07, 6.45) is 0. The molecule has 0 aliphatic rings. The summed E-state index contributed by atoms with van der Waals surface area (Å²) in [5.74, 6) is -0.137. The lowest BCUT2D eigenvalue weighted by Gasteiger charge is -2.23. The van der Waals surface area contributed by atoms with E-state index in [1.54, 1.807) is 16.7 Å². The smallest absolute Gasteiger partial charge is 0.307 e. The van der Waals surface area contributed by atoms with Gasteiger partial charge in [0.05, 0.1) is 6.04 Å². The zero-order valence-corrected chi connectivity index (χ0v) is 14.0. The lowest BCUT2D eigenvalue weighted by atomic mass is 10.2. The Morgan fingerprint density at radius 3 is 2.71 bits per heavy atom. The largest absolute Gasteiger partial charge is 0.353 e. The van der Waals surface area contributed by atoms with Crippen molar-refractivity contribution >= 4 is 28.6 Å². The lowest BCUT2D eigenvalue weighted by Crippen LogP contribution is -2.37. The highest BCUT2D eigenvalue weighted by molar-refractivity contribution is 7.10. The van der Waals surface area contributed by atoms with E-state index in [1.165, 1.54) is 9.44 Å². The van der Waals surface area contributed by atoms with Crippen molar-refractivity contribution in [3.05, 3.63) is 43.1 Å². The first-order valence-corrected chi connectivity index (χ1v) is 8.36. The minimum Gasteiger partial charge on any atom is -0.353 e. The quantitative estimate of drug-likeness (QED) is 0.879. The number of rotatable bonds is 6. The van der Waals surface area contributed by atoms with Crippen LogP contribution in [0.25, 0.3) is 0 Å². The average Bonchev–Trinajstić information content (AvgIpc) is 3.04. The summed E-state index contributed by atoms with van der Waals surface area (Å²) in [5, 5.41) is 6.71. The van der Waals surface area contributed by atoms with Crippen molar-refractivity contribution in [2.24, 2.45) is 0 Å². The third-order valence-corrected chi connectivity index (χ3v) is 5.12. The lowest BCUT2D eigenvalue weighted by molar-refractivity contribution is -0.121. The molecule has 114 valence electrons. The molecule has 0 unspecified atom stereocenters. The summed E-state index contributed by atoms with van der Waals surface area (Å²) in [4.78, 5) is 26.8. The third kappa shape index (κ3) is 4.03. The highest BCUT2D eigenvalue weighted by atomic mass is 32.1. The van der Waals surface area contributed by atoms with Gasteiger partial charge in [-0.25, -0.2) is 0 Å². The van der Waals surface area contributed by atoms with E-state index in [0.717, 1.165) is 17.0 Å². The second-order valence-electron chi connectivity index (χ2n) is 5.03. The van der Waals surface area contributed by atoms with E-state index in [4.69, 9.17) is 0 Å². The number of likely N-dealkylation sites (N-methyl/N-ethyl adjacent to an activating group) is 1. The first-order chi connectivity index (χ1) is 9.99. The van der Waals surface area contributed by atoms with Gasteiger partial charge in [0.15, 0.2) is 0 Å². The predicted octanol–water partition coefficient (Wildman–Crippen LogP) is 1.70. The minimum absolute atomic E-state index is 0.0821. The molecule has 1 N–H and O–H groups in total. The van der Waals surface area contributed by atoms with Crippen LogP contribution in [0.2, 0.25) is 0 Å². The Kier molecular flexibility index (Phi) is 5.33. The normalized spacial score (nSPS) is 12.6. The molecule has 2 heterocycles. The molecule has 5 nitrogen and oxygen atoms in total. The average molecular weight is 325 g/mol. The molecule has 2 rings (SSSR count). The van der Waals surface area contributed by atoms with Crippen molar-refractivity contribution in [1.29, 1.82) is 0 Å². The molecule has 1 amide bonds. The fraction of sp³-hybridized carbons (Fsp3) is 0.429. The predicted molar refractivity (Wildman–Crippen MR) is 87.1 cm³/mol. The molecule has 0 aromatic carbocycles. The molecule has 0 fully saturated rings. The fourth-order valence-electron chi connectivity index (χ4n) is 2.02. The Morgan fingerprint density at radius 1 is 1.43 bits per heavy atom. The van der Waals surface area contributed by atoms with Crippen LogP contribution >= 0.6 is 22.7 Å². The van der Waals surface area contributed by atoms with Crippen LogP contribution < -0.4 is 10.2 Å². The van der Waals surface area contributed by atoms with Crippen molar-refractivity contribution in [2.45, 2.75) is 19.5 Å². The molecule has 0 radical (unpaired) electrons. The molecule has 7 heteroatoms. The standard InChI is InChI=1S/C14H19N3O2S2/c1-10-9-21-14(19)17(10)8-13(18)15-7-11(16(2)3)12-5-4-6-20-12/h4-6,9,11H,7-8H2,1-3H3,(H,15,18)/t11-/m0/s1. The van der Waals surface area contributed by atoms with Gasteiger partial charge in [0, 0.05) is 22.5 Å². The van der Waals surface area contributed by atoms with Crippen LogP contribution in [-0.4, -0.2) is 36.0 Å². The molecule has 0 spiro atoms. The topological polar surface area (TPSA) is 54.3 Å². The Hall–Kier alpha value is -1.44. The minimum atomic E-state index is -0.137. The van der Waals surface area contributed by atoms with Gasteiger partial charge in [0.2, 0.25) is 5.91 Å². The molecule has 0 aliphatic carbocycles. The number of hydrogen-bond donors (Lipinski definition) is 1. The van der Waals surface area contributed by atoms with E-state index >= 15 is 0 Å². The van der Waals surface area contributed by atoms with E-state index in [9.17, 15) is 9.59 Å². The summed E-state index contributed by atoms with van der Waals surface area (Å²) in [7, 11) is 3.98. The highest BCUT2D eigenvalue weighted by Crippen LogP contribution is 2.22. The van der Waals surface area contributed by atoms with Gasteiger partial charge in [-0.05, 0) is 32.5 Å². The first kappa shape index (κ1) is 15.9. The van der Waals surface area contributed by atoms with Crippen molar-refractivity contribution in [3.63, 3.8) is 0 Å². The zero-order valence-electron chi connectivity index (χ0n) is 12.3. The second-order valence-corrected chi connectivity index (χ2v) is 6.83. The fourth-order valence-corrected chi connectivity index (χ4v) is 3.68. The highest BCUT2D eigenvalue weighted by Gasteiger charge is 2.16. The third-order valence-electron chi connectivity index (χ3n) is 3.27. The number of carbonyl (C=O) groups is 1. The Bertz CT molecular complexity index is 643. The SMILES string of the molecule is Cc1csc(=O)n1CC(=O)NC[C@@H](c1cccs1)N(C)C. The molecule has 0 bridgehead atoms. The number of aryl methyl sites for hydroxylation is 1. The van der Waals surface area contributed by atoms with Crippen LogP contribution in [0, 0.1) is 6.92 Å². The van der Waals surface area contributed by atoms with Gasteiger partial charge >= 0.3 is 4.87 Å². The van der Waals surface area contributed by atoms with Gasteiger partial charge in [-0.3, -0.25) is 14.2 Å². The zero-order chi connectivity index (χ0) is 15.4. The van der Waals surface area contributed by atoms with Crippen LogP contribution in [-0.2, 0) is 11.3 Å². The molecule has 0 aliphatic heterocycles. The number of thiazole rings is 1. The number of thiophene rings is 1. The number of hydrogen-bond acceptors (Lipinski definition) is 5. The molecular weight excluding hydrogens is 306 g/mol. The first-order valence-electron chi connectivity index (χ1n) is 6.60. The molecule has 2 aromatic rings. The van der Waals surface area contributed by atoms with Gasteiger partial charge in [-0.2, -0.15) is 0 Å². The van der Waals surface area contributed by atoms with E-state index < -0.39 is 0 Å². The monoisotopic (exact) mass is 325 g/mol. The maximum atomic E-state index is 12.0. The van der Waals surface area contributed by atoms with Crippen LogP contribution in [0.4, 0.5) is 0 Å². The van der Waals surface area contributed by atoms with Crippen molar-refractivity contribution in [1.82, 2.24) is 14.8 Å². The van der Waals surface area contributed by atoms with Gasteiger partial charge in [-0.1, -0.05) is 17.4 Å².